The lowest BCUT2D eigenvalue weighted by Crippen LogP contribution is -2.24. The third-order valence-corrected chi connectivity index (χ3v) is 6.07. The summed E-state index contributed by atoms with van der Waals surface area (Å²) in [6.07, 6.45) is 5.50. The summed E-state index contributed by atoms with van der Waals surface area (Å²) in [5.74, 6) is 0.827. The van der Waals surface area contributed by atoms with E-state index in [-0.39, 0.29) is 11.8 Å². The SMILES string of the molecule is O=C(Nc1nc2ccc(-c3nc4ccccc4o3)cc2s1)C1CCCCC1. The number of anilines is 1. The zero-order chi connectivity index (χ0) is 18.2. The number of thiazole rings is 1. The van der Waals surface area contributed by atoms with Crippen molar-refractivity contribution in [3.05, 3.63) is 42.5 Å². The Morgan fingerprint density at radius 3 is 2.74 bits per heavy atom. The maximum Gasteiger partial charge on any atom is 0.229 e. The molecule has 1 aliphatic carbocycles. The van der Waals surface area contributed by atoms with Crippen molar-refractivity contribution < 1.29 is 9.21 Å². The van der Waals surface area contributed by atoms with Crippen LogP contribution in [-0.4, -0.2) is 15.9 Å². The predicted octanol–water partition coefficient (Wildman–Crippen LogP) is 5.62. The third kappa shape index (κ3) is 3.21. The Balaban J connectivity index is 1.41. The van der Waals surface area contributed by atoms with Crippen LogP contribution in [0.1, 0.15) is 32.1 Å². The van der Waals surface area contributed by atoms with Crippen LogP contribution in [0.5, 0.6) is 0 Å². The van der Waals surface area contributed by atoms with Crippen LogP contribution in [0.15, 0.2) is 46.9 Å². The summed E-state index contributed by atoms with van der Waals surface area (Å²) in [6, 6.07) is 13.7. The zero-order valence-corrected chi connectivity index (χ0v) is 15.6. The van der Waals surface area contributed by atoms with Crippen molar-refractivity contribution in [2.75, 3.05) is 5.32 Å². The van der Waals surface area contributed by atoms with Crippen molar-refractivity contribution in [1.29, 1.82) is 0 Å². The van der Waals surface area contributed by atoms with Crippen LogP contribution in [0.4, 0.5) is 5.13 Å². The number of para-hydroxylation sites is 2. The molecular formula is C21H19N3O2S. The van der Waals surface area contributed by atoms with E-state index in [0.717, 1.165) is 52.6 Å². The molecule has 0 radical (unpaired) electrons. The minimum Gasteiger partial charge on any atom is -0.436 e. The first-order valence-corrected chi connectivity index (χ1v) is 10.2. The quantitative estimate of drug-likeness (QED) is 0.503. The van der Waals surface area contributed by atoms with Crippen LogP contribution in [-0.2, 0) is 4.79 Å². The standard InChI is InChI=1S/C21H19N3O2S/c25-19(13-6-2-1-3-7-13)24-21-23-16-11-10-14(12-18(16)27-21)20-22-15-8-4-5-9-17(15)26-20/h4-5,8-13H,1-3,6-7H2,(H,23,24,25). The van der Waals surface area contributed by atoms with E-state index < -0.39 is 0 Å². The van der Waals surface area contributed by atoms with E-state index >= 15 is 0 Å². The van der Waals surface area contributed by atoms with Crippen LogP contribution in [0.3, 0.4) is 0 Å². The van der Waals surface area contributed by atoms with E-state index in [1.807, 2.05) is 42.5 Å². The van der Waals surface area contributed by atoms with Crippen LogP contribution < -0.4 is 5.32 Å². The first-order valence-electron chi connectivity index (χ1n) is 9.34. The van der Waals surface area contributed by atoms with Crippen molar-refractivity contribution in [1.82, 2.24) is 9.97 Å². The molecule has 1 N–H and O–H groups in total. The van der Waals surface area contributed by atoms with Gasteiger partial charge in [-0.2, -0.15) is 0 Å². The van der Waals surface area contributed by atoms with Gasteiger partial charge in [0.15, 0.2) is 10.7 Å². The average molecular weight is 377 g/mol. The smallest absolute Gasteiger partial charge is 0.229 e. The molecular weight excluding hydrogens is 358 g/mol. The average Bonchev–Trinajstić information content (AvgIpc) is 3.31. The first-order chi connectivity index (χ1) is 13.3. The summed E-state index contributed by atoms with van der Waals surface area (Å²) in [5.41, 5.74) is 3.40. The summed E-state index contributed by atoms with van der Waals surface area (Å²) in [7, 11) is 0. The number of benzene rings is 2. The van der Waals surface area contributed by atoms with Gasteiger partial charge < -0.3 is 9.73 Å². The highest BCUT2D eigenvalue weighted by Crippen LogP contribution is 2.32. The molecule has 2 aromatic heterocycles. The van der Waals surface area contributed by atoms with Gasteiger partial charge in [0.25, 0.3) is 0 Å². The normalized spacial score (nSPS) is 15.4. The lowest BCUT2D eigenvalue weighted by Gasteiger charge is -2.19. The number of rotatable bonds is 3. The van der Waals surface area contributed by atoms with E-state index in [2.05, 4.69) is 15.3 Å². The Labute approximate surface area is 160 Å². The van der Waals surface area contributed by atoms with Crippen molar-refractivity contribution in [2.45, 2.75) is 32.1 Å². The fourth-order valence-electron chi connectivity index (χ4n) is 3.68. The molecule has 4 aromatic rings. The minimum absolute atomic E-state index is 0.105. The van der Waals surface area contributed by atoms with Gasteiger partial charge in [0, 0.05) is 11.5 Å². The molecule has 0 atom stereocenters. The van der Waals surface area contributed by atoms with E-state index in [1.54, 1.807) is 0 Å². The van der Waals surface area contributed by atoms with E-state index in [9.17, 15) is 4.79 Å². The summed E-state index contributed by atoms with van der Waals surface area (Å²) >= 11 is 1.49. The third-order valence-electron chi connectivity index (χ3n) is 5.14. The summed E-state index contributed by atoms with van der Waals surface area (Å²) in [5, 5.41) is 3.67. The van der Waals surface area contributed by atoms with Crippen molar-refractivity contribution in [2.24, 2.45) is 5.92 Å². The maximum atomic E-state index is 12.5. The topological polar surface area (TPSA) is 68.0 Å². The highest BCUT2D eigenvalue weighted by molar-refractivity contribution is 7.22. The van der Waals surface area contributed by atoms with Crippen LogP contribution in [0, 0.1) is 5.92 Å². The number of aromatic nitrogens is 2. The second-order valence-corrected chi connectivity index (χ2v) is 8.04. The fourth-order valence-corrected chi connectivity index (χ4v) is 4.59. The molecule has 0 unspecified atom stereocenters. The van der Waals surface area contributed by atoms with Crippen molar-refractivity contribution >= 4 is 43.7 Å². The van der Waals surface area contributed by atoms with E-state index in [0.29, 0.717) is 11.0 Å². The lowest BCUT2D eigenvalue weighted by molar-refractivity contribution is -0.120. The number of fused-ring (bicyclic) bond motifs is 2. The monoisotopic (exact) mass is 377 g/mol. The van der Waals surface area contributed by atoms with Crippen molar-refractivity contribution in [3.63, 3.8) is 0 Å². The molecule has 2 heterocycles. The molecule has 0 spiro atoms. The summed E-state index contributed by atoms with van der Waals surface area (Å²) < 4.78 is 6.87. The molecule has 0 bridgehead atoms. The van der Waals surface area contributed by atoms with Gasteiger partial charge in [-0.05, 0) is 43.2 Å². The predicted molar refractivity (Wildman–Crippen MR) is 108 cm³/mol. The molecule has 0 aliphatic heterocycles. The Hall–Kier alpha value is -2.73. The Morgan fingerprint density at radius 1 is 1.04 bits per heavy atom. The molecule has 0 saturated heterocycles. The van der Waals surface area contributed by atoms with E-state index in [4.69, 9.17) is 4.42 Å². The van der Waals surface area contributed by atoms with Crippen molar-refractivity contribution in [3.8, 4) is 11.5 Å². The summed E-state index contributed by atoms with van der Waals surface area (Å²) in [4.78, 5) is 21.6. The molecule has 5 nitrogen and oxygen atoms in total. The number of hydrogen-bond acceptors (Lipinski definition) is 5. The fraction of sp³-hybridized carbons (Fsp3) is 0.286. The van der Waals surface area contributed by atoms with Gasteiger partial charge in [0.2, 0.25) is 11.8 Å². The first kappa shape index (κ1) is 16.4. The number of carbonyl (C=O) groups excluding carboxylic acids is 1. The Morgan fingerprint density at radius 2 is 1.89 bits per heavy atom. The van der Waals surface area contributed by atoms with Crippen LogP contribution >= 0.6 is 11.3 Å². The van der Waals surface area contributed by atoms with Gasteiger partial charge in [0.1, 0.15) is 5.52 Å². The maximum absolute atomic E-state index is 12.5. The molecule has 136 valence electrons. The van der Waals surface area contributed by atoms with Crippen LogP contribution in [0.25, 0.3) is 32.8 Å². The molecule has 6 heteroatoms. The summed E-state index contributed by atoms with van der Waals surface area (Å²) in [6.45, 7) is 0. The largest absolute Gasteiger partial charge is 0.436 e. The number of amides is 1. The van der Waals surface area contributed by atoms with Crippen LogP contribution in [0.2, 0.25) is 0 Å². The number of oxazole rings is 1. The highest BCUT2D eigenvalue weighted by atomic mass is 32.1. The van der Waals surface area contributed by atoms with Gasteiger partial charge in [-0.25, -0.2) is 9.97 Å². The second-order valence-electron chi connectivity index (χ2n) is 7.01. The van der Waals surface area contributed by atoms with Gasteiger partial charge in [-0.15, -0.1) is 0 Å². The van der Waals surface area contributed by atoms with Gasteiger partial charge in [-0.3, -0.25) is 4.79 Å². The number of nitrogens with one attached hydrogen (secondary N) is 1. The zero-order valence-electron chi connectivity index (χ0n) is 14.8. The molecule has 5 rings (SSSR count). The number of nitrogens with zero attached hydrogens (tertiary/aromatic N) is 2. The molecule has 1 amide bonds. The molecule has 27 heavy (non-hydrogen) atoms. The second kappa shape index (κ2) is 6.78. The Bertz CT molecular complexity index is 1090. The van der Waals surface area contributed by atoms with Gasteiger partial charge >= 0.3 is 0 Å². The minimum atomic E-state index is 0.105. The van der Waals surface area contributed by atoms with Gasteiger partial charge in [-0.1, -0.05) is 42.7 Å². The highest BCUT2D eigenvalue weighted by Gasteiger charge is 2.22. The molecule has 1 saturated carbocycles. The number of carbonyl (C=O) groups is 1. The lowest BCUT2D eigenvalue weighted by atomic mass is 9.89. The molecule has 1 aliphatic rings. The molecule has 1 fully saturated rings. The number of hydrogen-bond donors (Lipinski definition) is 1. The molecule has 2 aromatic carbocycles. The van der Waals surface area contributed by atoms with E-state index in [1.165, 1.54) is 17.8 Å². The Kier molecular flexibility index (Phi) is 4.13. The van der Waals surface area contributed by atoms with Gasteiger partial charge in [0.05, 0.1) is 10.2 Å².